The highest BCUT2D eigenvalue weighted by molar-refractivity contribution is 7.03. The molecule has 0 unspecified atom stereocenters. The fraction of sp³-hybridized carbons (Fsp3) is 0.182. The lowest BCUT2D eigenvalue weighted by Gasteiger charge is -2.08. The minimum atomic E-state index is 0.676. The Balaban J connectivity index is 1.39. The minimum absolute atomic E-state index is 0.676. The maximum Gasteiger partial charge on any atom is 0.0841 e. The zero-order valence-corrected chi connectivity index (χ0v) is 15.3. The summed E-state index contributed by atoms with van der Waals surface area (Å²) >= 11 is 1.47. The van der Waals surface area contributed by atoms with E-state index in [0.717, 1.165) is 36.2 Å². The number of benzene rings is 2. The number of pyridine rings is 1. The van der Waals surface area contributed by atoms with E-state index >= 15 is 0 Å². The molecule has 0 radical (unpaired) electrons. The summed E-state index contributed by atoms with van der Waals surface area (Å²) in [4.78, 5) is 4.54. The summed E-state index contributed by atoms with van der Waals surface area (Å²) in [5.41, 5.74) is 5.70. The lowest BCUT2D eigenvalue weighted by Crippen LogP contribution is -1.98. The molecule has 26 heavy (non-hydrogen) atoms. The van der Waals surface area contributed by atoms with Gasteiger partial charge in [0.05, 0.1) is 17.8 Å². The van der Waals surface area contributed by atoms with Crippen LogP contribution in [0, 0.1) is 0 Å². The Hall–Kier alpha value is -2.56. The first kappa shape index (κ1) is 16.9. The van der Waals surface area contributed by atoms with Crippen molar-refractivity contribution in [3.05, 3.63) is 83.4 Å². The Morgan fingerprint density at radius 2 is 1.88 bits per heavy atom. The monoisotopic (exact) mass is 360 g/mol. The highest BCUT2D eigenvalue weighted by Crippen LogP contribution is 2.25. The molecule has 2 heterocycles. The molecule has 0 amide bonds. The van der Waals surface area contributed by atoms with Crippen LogP contribution in [0.3, 0.4) is 0 Å². The number of hydrogen-bond donors (Lipinski definition) is 0. The number of aryl methyl sites for hydroxylation is 1. The Labute approximate surface area is 157 Å². The second-order valence-corrected chi connectivity index (χ2v) is 6.89. The largest absolute Gasteiger partial charge is 0.377 e. The number of hydrogen-bond acceptors (Lipinski definition) is 4. The van der Waals surface area contributed by atoms with Crippen LogP contribution in [0.15, 0.2) is 72.2 Å². The first-order valence-corrected chi connectivity index (χ1v) is 9.64. The maximum absolute atomic E-state index is 5.80. The minimum Gasteiger partial charge on any atom is -0.377 e. The van der Waals surface area contributed by atoms with Crippen molar-refractivity contribution in [3.8, 4) is 11.3 Å². The molecule has 3 nitrogen and oxygen atoms in total. The van der Waals surface area contributed by atoms with Crippen LogP contribution in [-0.2, 0) is 17.8 Å². The van der Waals surface area contributed by atoms with Crippen molar-refractivity contribution in [1.82, 2.24) is 9.36 Å². The number of fused-ring (bicyclic) bond motifs is 1. The third kappa shape index (κ3) is 3.98. The highest BCUT2D eigenvalue weighted by atomic mass is 32.1. The van der Waals surface area contributed by atoms with Gasteiger partial charge in [-0.2, -0.15) is 4.37 Å². The molecular formula is C22H20N2OS. The summed E-state index contributed by atoms with van der Waals surface area (Å²) in [5, 5.41) is 3.22. The Bertz CT molecular complexity index is 968. The second kappa shape index (κ2) is 8.21. The van der Waals surface area contributed by atoms with E-state index in [1.165, 1.54) is 28.0 Å². The van der Waals surface area contributed by atoms with E-state index in [9.17, 15) is 0 Å². The van der Waals surface area contributed by atoms with Crippen molar-refractivity contribution in [2.75, 3.05) is 6.61 Å². The number of aromatic nitrogens is 2. The molecule has 0 N–H and O–H groups in total. The first-order chi connectivity index (χ1) is 12.9. The van der Waals surface area contributed by atoms with Gasteiger partial charge in [0.1, 0.15) is 0 Å². The summed E-state index contributed by atoms with van der Waals surface area (Å²) in [5.74, 6) is 0. The van der Waals surface area contributed by atoms with E-state index in [-0.39, 0.29) is 0 Å². The molecule has 0 aliphatic rings. The van der Waals surface area contributed by atoms with Gasteiger partial charge in [-0.15, -0.1) is 0 Å². The van der Waals surface area contributed by atoms with Crippen molar-refractivity contribution in [3.63, 3.8) is 0 Å². The van der Waals surface area contributed by atoms with Crippen molar-refractivity contribution in [2.45, 2.75) is 19.4 Å². The van der Waals surface area contributed by atoms with Crippen LogP contribution >= 0.6 is 11.5 Å². The van der Waals surface area contributed by atoms with Gasteiger partial charge in [-0.05, 0) is 53.7 Å². The molecule has 0 bridgehead atoms. The third-order valence-electron chi connectivity index (χ3n) is 4.41. The summed E-state index contributed by atoms with van der Waals surface area (Å²) < 4.78 is 10.2. The molecule has 4 aromatic rings. The first-order valence-electron chi connectivity index (χ1n) is 8.80. The smallest absolute Gasteiger partial charge is 0.0841 e. The van der Waals surface area contributed by atoms with Crippen molar-refractivity contribution in [1.29, 1.82) is 0 Å². The molecule has 0 saturated heterocycles. The number of rotatable bonds is 7. The van der Waals surface area contributed by atoms with Crippen molar-refractivity contribution >= 4 is 22.4 Å². The van der Waals surface area contributed by atoms with Gasteiger partial charge in [0, 0.05) is 29.1 Å². The Morgan fingerprint density at radius 3 is 2.73 bits per heavy atom. The summed E-state index contributed by atoms with van der Waals surface area (Å²) in [7, 11) is 0. The average molecular weight is 360 g/mol. The predicted molar refractivity (Wildman–Crippen MR) is 107 cm³/mol. The van der Waals surface area contributed by atoms with Gasteiger partial charge in [-0.3, -0.25) is 4.98 Å². The van der Waals surface area contributed by atoms with Crippen LogP contribution in [0.5, 0.6) is 0 Å². The van der Waals surface area contributed by atoms with Gasteiger partial charge in [0.25, 0.3) is 0 Å². The quantitative estimate of drug-likeness (QED) is 0.408. The van der Waals surface area contributed by atoms with E-state index in [0.29, 0.717) is 6.61 Å². The lowest BCUT2D eigenvalue weighted by molar-refractivity contribution is 0.119. The molecule has 4 heteroatoms. The lowest BCUT2D eigenvalue weighted by atomic mass is 10.0. The predicted octanol–water partition coefficient (Wildman–Crippen LogP) is 5.51. The van der Waals surface area contributed by atoms with E-state index in [1.54, 1.807) is 0 Å². The SMILES string of the molecule is c1ccc(COCCCc2ccnc3cc(-c4ccsn4)ccc23)cc1. The van der Waals surface area contributed by atoms with Gasteiger partial charge in [-0.1, -0.05) is 42.5 Å². The molecule has 0 fully saturated rings. The molecule has 2 aromatic carbocycles. The molecule has 0 aliphatic heterocycles. The molecule has 4 rings (SSSR count). The molecular weight excluding hydrogens is 340 g/mol. The maximum atomic E-state index is 5.80. The fourth-order valence-electron chi connectivity index (χ4n) is 3.08. The Kier molecular flexibility index (Phi) is 5.33. The average Bonchev–Trinajstić information content (AvgIpc) is 3.23. The normalized spacial score (nSPS) is 11.1. The van der Waals surface area contributed by atoms with Crippen molar-refractivity contribution in [2.24, 2.45) is 0 Å². The summed E-state index contributed by atoms with van der Waals surface area (Å²) in [6, 6.07) is 20.9. The van der Waals surface area contributed by atoms with E-state index in [1.807, 2.05) is 35.8 Å². The molecule has 130 valence electrons. The third-order valence-corrected chi connectivity index (χ3v) is 4.97. The number of nitrogens with zero attached hydrogens (tertiary/aromatic N) is 2. The van der Waals surface area contributed by atoms with Gasteiger partial charge >= 0.3 is 0 Å². The second-order valence-electron chi connectivity index (χ2n) is 6.23. The highest BCUT2D eigenvalue weighted by Gasteiger charge is 2.06. The van der Waals surface area contributed by atoms with Crippen LogP contribution in [0.25, 0.3) is 22.2 Å². The van der Waals surface area contributed by atoms with Gasteiger partial charge in [0.15, 0.2) is 0 Å². The molecule has 0 aliphatic carbocycles. The number of ether oxygens (including phenoxy) is 1. The fourth-order valence-corrected chi connectivity index (χ4v) is 3.61. The zero-order chi connectivity index (χ0) is 17.6. The van der Waals surface area contributed by atoms with E-state index in [4.69, 9.17) is 4.74 Å². The van der Waals surface area contributed by atoms with Crippen LogP contribution in [0.2, 0.25) is 0 Å². The van der Waals surface area contributed by atoms with E-state index < -0.39 is 0 Å². The molecule has 0 saturated carbocycles. The molecule has 0 spiro atoms. The van der Waals surface area contributed by atoms with Gasteiger partial charge < -0.3 is 4.74 Å². The van der Waals surface area contributed by atoms with Gasteiger partial charge in [-0.25, -0.2) is 0 Å². The van der Waals surface area contributed by atoms with Gasteiger partial charge in [0.2, 0.25) is 0 Å². The van der Waals surface area contributed by atoms with Crippen LogP contribution < -0.4 is 0 Å². The molecule has 2 aromatic heterocycles. The van der Waals surface area contributed by atoms with Crippen LogP contribution in [0.4, 0.5) is 0 Å². The zero-order valence-electron chi connectivity index (χ0n) is 14.5. The van der Waals surface area contributed by atoms with Crippen LogP contribution in [-0.4, -0.2) is 16.0 Å². The van der Waals surface area contributed by atoms with E-state index in [2.05, 4.69) is 45.8 Å². The van der Waals surface area contributed by atoms with Crippen molar-refractivity contribution < 1.29 is 4.74 Å². The Morgan fingerprint density at radius 1 is 0.962 bits per heavy atom. The summed E-state index contributed by atoms with van der Waals surface area (Å²) in [6.45, 7) is 1.44. The van der Waals surface area contributed by atoms with Crippen LogP contribution in [0.1, 0.15) is 17.5 Å². The summed E-state index contributed by atoms with van der Waals surface area (Å²) in [6.07, 6.45) is 3.89. The molecule has 0 atom stereocenters. The standard InChI is InChI=1S/C22H20N2OS/c1-2-5-17(6-3-1)16-25-13-4-7-18-10-12-23-22-15-19(8-9-20(18)22)21-11-14-26-24-21/h1-3,5-6,8-12,14-15H,4,7,13,16H2. The topological polar surface area (TPSA) is 35.0 Å².